The number of β-amino-alcohol motifs (C(OH)–C–C–N with tert-alkyl or cyclic N) is 1. The summed E-state index contributed by atoms with van der Waals surface area (Å²) in [5.74, 6) is -1.36. The summed E-state index contributed by atoms with van der Waals surface area (Å²) in [5, 5.41) is 21.5. The fraction of sp³-hybridized carbons (Fsp3) is 0.818. The molecular weight excluding hydrogens is 224 g/mol. The zero-order valence-corrected chi connectivity index (χ0v) is 10.4. The standard InChI is InChI=1S/C11H20N2O4/c1-4-12-11(2,3)10(17)13-6-7(14)5-8(13)9(15)16/h7-8,12,14H,4-6H2,1-3H3,(H,15,16)/t7?,8-/m0/s1. The normalized spacial score (nSPS) is 25.1. The highest BCUT2D eigenvalue weighted by molar-refractivity contribution is 5.90. The van der Waals surface area contributed by atoms with Crippen molar-refractivity contribution in [2.75, 3.05) is 13.1 Å². The lowest BCUT2D eigenvalue weighted by Gasteiger charge is -2.32. The molecule has 98 valence electrons. The molecule has 0 bridgehead atoms. The van der Waals surface area contributed by atoms with Crippen LogP contribution >= 0.6 is 0 Å². The van der Waals surface area contributed by atoms with Gasteiger partial charge in [0.1, 0.15) is 6.04 Å². The lowest BCUT2D eigenvalue weighted by Crippen LogP contribution is -2.56. The number of amides is 1. The van der Waals surface area contributed by atoms with Gasteiger partial charge >= 0.3 is 5.97 Å². The largest absolute Gasteiger partial charge is 0.480 e. The van der Waals surface area contributed by atoms with E-state index in [1.165, 1.54) is 4.90 Å². The minimum absolute atomic E-state index is 0.0879. The molecule has 1 aliphatic heterocycles. The molecule has 1 saturated heterocycles. The lowest BCUT2D eigenvalue weighted by atomic mass is 10.0. The number of carbonyl (C=O) groups is 2. The maximum absolute atomic E-state index is 12.2. The Morgan fingerprint density at radius 1 is 1.47 bits per heavy atom. The minimum Gasteiger partial charge on any atom is -0.480 e. The SMILES string of the molecule is CCNC(C)(C)C(=O)N1CC(O)C[C@H]1C(=O)O. The minimum atomic E-state index is -1.07. The first-order chi connectivity index (χ1) is 7.79. The van der Waals surface area contributed by atoms with E-state index in [0.717, 1.165) is 0 Å². The van der Waals surface area contributed by atoms with E-state index >= 15 is 0 Å². The molecule has 0 spiro atoms. The van der Waals surface area contributed by atoms with E-state index in [-0.39, 0.29) is 18.9 Å². The number of aliphatic hydroxyl groups excluding tert-OH is 1. The number of aliphatic hydroxyl groups is 1. The van der Waals surface area contributed by atoms with Crippen molar-refractivity contribution in [3.05, 3.63) is 0 Å². The summed E-state index contributed by atoms with van der Waals surface area (Å²) in [7, 11) is 0. The number of rotatable bonds is 4. The molecule has 0 aromatic heterocycles. The van der Waals surface area contributed by atoms with Gasteiger partial charge in [-0.15, -0.1) is 0 Å². The van der Waals surface area contributed by atoms with Crippen LogP contribution in [0, 0.1) is 0 Å². The van der Waals surface area contributed by atoms with Crippen LogP contribution in [0.5, 0.6) is 0 Å². The quantitative estimate of drug-likeness (QED) is 0.615. The number of aliphatic carboxylic acids is 1. The molecule has 1 unspecified atom stereocenters. The van der Waals surface area contributed by atoms with Gasteiger partial charge in [0, 0.05) is 13.0 Å². The van der Waals surface area contributed by atoms with Gasteiger partial charge in [0.05, 0.1) is 11.6 Å². The van der Waals surface area contributed by atoms with Crippen LogP contribution in [0.15, 0.2) is 0 Å². The summed E-state index contributed by atoms with van der Waals surface area (Å²) >= 11 is 0. The van der Waals surface area contributed by atoms with E-state index in [1.54, 1.807) is 13.8 Å². The highest BCUT2D eigenvalue weighted by Crippen LogP contribution is 2.22. The van der Waals surface area contributed by atoms with Gasteiger partial charge in [-0.25, -0.2) is 4.79 Å². The molecule has 1 rings (SSSR count). The number of carboxylic acid groups (broad SMARTS) is 1. The van der Waals surface area contributed by atoms with Gasteiger partial charge in [0.2, 0.25) is 5.91 Å². The van der Waals surface area contributed by atoms with E-state index in [9.17, 15) is 14.7 Å². The van der Waals surface area contributed by atoms with Crippen molar-refractivity contribution in [1.29, 1.82) is 0 Å². The first-order valence-electron chi connectivity index (χ1n) is 5.76. The first kappa shape index (κ1) is 13.9. The molecule has 1 amide bonds. The van der Waals surface area contributed by atoms with Gasteiger partial charge in [-0.2, -0.15) is 0 Å². The van der Waals surface area contributed by atoms with Crippen LogP contribution in [0.3, 0.4) is 0 Å². The maximum atomic E-state index is 12.2. The third kappa shape index (κ3) is 2.95. The van der Waals surface area contributed by atoms with Crippen molar-refractivity contribution in [2.24, 2.45) is 0 Å². The number of carbonyl (C=O) groups excluding carboxylic acids is 1. The zero-order valence-electron chi connectivity index (χ0n) is 10.4. The van der Waals surface area contributed by atoms with Crippen molar-refractivity contribution >= 4 is 11.9 Å². The van der Waals surface area contributed by atoms with Crippen molar-refractivity contribution in [3.63, 3.8) is 0 Å². The molecule has 0 radical (unpaired) electrons. The fourth-order valence-corrected chi connectivity index (χ4v) is 2.15. The Morgan fingerprint density at radius 2 is 2.06 bits per heavy atom. The predicted molar refractivity (Wildman–Crippen MR) is 61.5 cm³/mol. The second kappa shape index (κ2) is 5.01. The molecule has 0 aromatic rings. The van der Waals surface area contributed by atoms with Crippen LogP contribution in [0.4, 0.5) is 0 Å². The Bertz CT molecular complexity index is 317. The summed E-state index contributed by atoms with van der Waals surface area (Å²) in [6, 6.07) is -0.921. The van der Waals surface area contributed by atoms with E-state index in [4.69, 9.17) is 5.11 Å². The van der Waals surface area contributed by atoms with Gasteiger partial charge in [-0.05, 0) is 20.4 Å². The molecule has 0 aromatic carbocycles. The van der Waals surface area contributed by atoms with Crippen LogP contribution in [0.1, 0.15) is 27.2 Å². The van der Waals surface area contributed by atoms with Gasteiger partial charge in [0.25, 0.3) is 0 Å². The van der Waals surface area contributed by atoms with Crippen LogP contribution in [-0.4, -0.2) is 57.8 Å². The van der Waals surface area contributed by atoms with Gasteiger partial charge < -0.3 is 20.4 Å². The number of hydrogen-bond acceptors (Lipinski definition) is 4. The molecule has 1 fully saturated rings. The summed E-state index contributed by atoms with van der Waals surface area (Å²) in [4.78, 5) is 24.5. The summed E-state index contributed by atoms with van der Waals surface area (Å²) < 4.78 is 0. The number of hydrogen-bond donors (Lipinski definition) is 3. The molecule has 6 heteroatoms. The molecule has 3 N–H and O–H groups in total. The van der Waals surface area contributed by atoms with E-state index < -0.39 is 23.7 Å². The van der Waals surface area contributed by atoms with E-state index in [0.29, 0.717) is 6.54 Å². The Kier molecular flexibility index (Phi) is 4.11. The number of carboxylic acids is 1. The van der Waals surface area contributed by atoms with Gasteiger partial charge in [-0.1, -0.05) is 6.92 Å². The number of nitrogens with zero attached hydrogens (tertiary/aromatic N) is 1. The average molecular weight is 244 g/mol. The third-order valence-electron chi connectivity index (χ3n) is 2.98. The molecule has 6 nitrogen and oxygen atoms in total. The fourth-order valence-electron chi connectivity index (χ4n) is 2.15. The molecular formula is C11H20N2O4. The topological polar surface area (TPSA) is 89.9 Å². The van der Waals surface area contributed by atoms with E-state index in [2.05, 4.69) is 5.32 Å². The molecule has 0 aliphatic carbocycles. The number of nitrogens with one attached hydrogen (secondary N) is 1. The lowest BCUT2D eigenvalue weighted by molar-refractivity contribution is -0.150. The maximum Gasteiger partial charge on any atom is 0.326 e. The van der Waals surface area contributed by atoms with Crippen molar-refractivity contribution in [1.82, 2.24) is 10.2 Å². The second-order valence-electron chi connectivity index (χ2n) is 4.86. The number of likely N-dealkylation sites (tertiary alicyclic amines) is 1. The highest BCUT2D eigenvalue weighted by Gasteiger charge is 2.43. The van der Waals surface area contributed by atoms with Crippen LogP contribution in [0.2, 0.25) is 0 Å². The molecule has 2 atom stereocenters. The summed E-state index contributed by atoms with van der Waals surface area (Å²) in [5.41, 5.74) is -0.813. The summed E-state index contributed by atoms with van der Waals surface area (Å²) in [6.07, 6.45) is -0.652. The van der Waals surface area contributed by atoms with Crippen molar-refractivity contribution in [3.8, 4) is 0 Å². The van der Waals surface area contributed by atoms with Crippen molar-refractivity contribution < 1.29 is 19.8 Å². The Morgan fingerprint density at radius 3 is 2.53 bits per heavy atom. The molecule has 1 heterocycles. The average Bonchev–Trinajstić information content (AvgIpc) is 2.59. The Balaban J connectivity index is 2.84. The third-order valence-corrected chi connectivity index (χ3v) is 2.98. The van der Waals surface area contributed by atoms with Crippen LogP contribution < -0.4 is 5.32 Å². The van der Waals surface area contributed by atoms with Gasteiger partial charge in [0.15, 0.2) is 0 Å². The van der Waals surface area contributed by atoms with Crippen LogP contribution in [-0.2, 0) is 9.59 Å². The second-order valence-corrected chi connectivity index (χ2v) is 4.86. The summed E-state index contributed by atoms with van der Waals surface area (Å²) in [6.45, 7) is 6.00. The Labute approximate surface area is 101 Å². The van der Waals surface area contributed by atoms with Gasteiger partial charge in [-0.3, -0.25) is 4.79 Å². The predicted octanol–water partition coefficient (Wildman–Crippen LogP) is -0.579. The smallest absolute Gasteiger partial charge is 0.326 e. The molecule has 17 heavy (non-hydrogen) atoms. The van der Waals surface area contributed by atoms with Crippen molar-refractivity contribution in [2.45, 2.75) is 44.9 Å². The highest BCUT2D eigenvalue weighted by atomic mass is 16.4. The number of likely N-dealkylation sites (N-methyl/N-ethyl adjacent to an activating group) is 1. The monoisotopic (exact) mass is 244 g/mol. The Hall–Kier alpha value is -1.14. The molecule has 0 saturated carbocycles. The molecule has 1 aliphatic rings. The van der Waals surface area contributed by atoms with Crippen LogP contribution in [0.25, 0.3) is 0 Å². The zero-order chi connectivity index (χ0) is 13.2. The first-order valence-corrected chi connectivity index (χ1v) is 5.76. The van der Waals surface area contributed by atoms with E-state index in [1.807, 2.05) is 6.92 Å².